The number of hydrogen-bond acceptors (Lipinski definition) is 8. The number of likely N-dealkylation sites (tertiary alicyclic amines) is 1. The van der Waals surface area contributed by atoms with Crippen LogP contribution in [0.4, 0.5) is 5.69 Å². The minimum absolute atomic E-state index is 0.0669. The van der Waals surface area contributed by atoms with Crippen molar-refractivity contribution >= 4 is 56.4 Å². The average molecular weight is 729 g/mol. The van der Waals surface area contributed by atoms with Crippen LogP contribution in [0, 0.1) is 17.2 Å². The number of carbonyl (C=O) groups is 2. The molecular weight excluding hydrogens is 678 g/mol. The van der Waals surface area contributed by atoms with Crippen molar-refractivity contribution in [1.82, 2.24) is 15.2 Å². The van der Waals surface area contributed by atoms with Gasteiger partial charge in [0, 0.05) is 52.4 Å². The van der Waals surface area contributed by atoms with E-state index >= 15 is 0 Å². The molecule has 1 amide bonds. The van der Waals surface area contributed by atoms with Gasteiger partial charge in [0.1, 0.15) is 11.3 Å². The monoisotopic (exact) mass is 727 g/mol. The number of aliphatic imine (C=N–C) groups is 1. The van der Waals surface area contributed by atoms with Crippen LogP contribution in [-0.4, -0.2) is 78.2 Å². The quantitative estimate of drug-likeness (QED) is 0.103. The molecule has 2 aliphatic heterocycles. The molecule has 4 heterocycles. The number of benzene rings is 1. The van der Waals surface area contributed by atoms with Gasteiger partial charge in [-0.15, -0.1) is 0 Å². The second-order valence-corrected chi connectivity index (χ2v) is 13.7. The van der Waals surface area contributed by atoms with Gasteiger partial charge in [-0.2, -0.15) is 0 Å². The summed E-state index contributed by atoms with van der Waals surface area (Å²) < 4.78 is 12.6. The van der Waals surface area contributed by atoms with Crippen molar-refractivity contribution in [3.05, 3.63) is 62.7 Å². The Kier molecular flexibility index (Phi) is 15.2. The first-order valence-electron chi connectivity index (χ1n) is 16.6. The Hall–Kier alpha value is -3.61. The fourth-order valence-electron chi connectivity index (χ4n) is 6.06. The number of pyridine rings is 1. The number of aromatic amines is 1. The molecule has 3 unspecified atom stereocenters. The highest BCUT2D eigenvalue weighted by atomic mass is 79.9. The molecule has 11 nitrogen and oxygen atoms in total. The number of rotatable bonds is 10. The molecule has 4 N–H and O–H groups in total. The standard InChI is InChI=1S/C31H39BrN4O4.C4H9N.CH2O2/c1-19(30(38)36-13-12-31(5,20(2)17-36)25-15-23(32)16-34-29(25)37)18-39-14-8-9-21(3)35-27-24-10-6-7-11-26(24)40-28(27)22(4)33;1-2-4-5-3-1;2-1-3/h6-7,10-11,15-16,19-20,33H,8-9,12-14,17-18H2,1-5H3,(H,34,37);5H,1-4H2;1H,(H,2,3). The number of carbonyl (C=O) groups excluding carboxylic acids is 1. The van der Waals surface area contributed by atoms with E-state index in [9.17, 15) is 9.59 Å². The maximum absolute atomic E-state index is 13.2. The predicted octanol–water partition coefficient (Wildman–Crippen LogP) is 6.69. The Morgan fingerprint density at radius 1 is 1.29 bits per heavy atom. The number of amides is 1. The van der Waals surface area contributed by atoms with Gasteiger partial charge in [0.15, 0.2) is 5.76 Å². The molecule has 0 aliphatic carbocycles. The molecule has 12 heteroatoms. The third kappa shape index (κ3) is 10.4. The fraction of sp³-hybridized carbons (Fsp3) is 0.528. The molecule has 2 fully saturated rings. The normalized spacial score (nSPS) is 19.9. The number of H-pyrrole nitrogens is 1. The van der Waals surface area contributed by atoms with Gasteiger partial charge in [-0.1, -0.05) is 32.9 Å². The lowest BCUT2D eigenvalue weighted by atomic mass is 9.68. The van der Waals surface area contributed by atoms with Gasteiger partial charge in [0.05, 0.1) is 18.2 Å². The Morgan fingerprint density at radius 2 is 1.98 bits per heavy atom. The molecule has 3 aromatic rings. The average Bonchev–Trinajstić information content (AvgIpc) is 3.76. The van der Waals surface area contributed by atoms with Gasteiger partial charge in [-0.25, -0.2) is 0 Å². The number of piperidine rings is 1. The second-order valence-electron chi connectivity index (χ2n) is 12.8. The summed E-state index contributed by atoms with van der Waals surface area (Å²) >= 11 is 3.47. The number of nitrogens with one attached hydrogen (secondary N) is 3. The molecule has 48 heavy (non-hydrogen) atoms. The van der Waals surface area contributed by atoms with E-state index in [1.165, 1.54) is 25.9 Å². The maximum Gasteiger partial charge on any atom is 0.290 e. The fourth-order valence-corrected chi connectivity index (χ4v) is 6.40. The van der Waals surface area contributed by atoms with Crippen LogP contribution >= 0.6 is 15.9 Å². The summed E-state index contributed by atoms with van der Waals surface area (Å²) in [6, 6.07) is 9.61. The number of carboxylic acid groups (broad SMARTS) is 1. The minimum Gasteiger partial charge on any atom is -0.483 e. The zero-order chi connectivity index (χ0) is 35.3. The molecule has 2 saturated heterocycles. The van der Waals surface area contributed by atoms with Crippen LogP contribution in [0.3, 0.4) is 0 Å². The molecule has 0 bridgehead atoms. The zero-order valence-corrected chi connectivity index (χ0v) is 30.3. The zero-order valence-electron chi connectivity index (χ0n) is 28.7. The van der Waals surface area contributed by atoms with Crippen LogP contribution in [0.15, 0.2) is 55.2 Å². The molecule has 2 aliphatic rings. The maximum atomic E-state index is 13.2. The van der Waals surface area contributed by atoms with Crippen molar-refractivity contribution in [2.45, 2.75) is 72.1 Å². The van der Waals surface area contributed by atoms with Crippen molar-refractivity contribution in [3.63, 3.8) is 0 Å². The van der Waals surface area contributed by atoms with Crippen molar-refractivity contribution < 1.29 is 23.8 Å². The van der Waals surface area contributed by atoms with E-state index < -0.39 is 0 Å². The third-order valence-corrected chi connectivity index (χ3v) is 9.52. The molecule has 262 valence electrons. The SMILES string of the molecule is C1CCNC1.CC(=N)c1oc2ccccc2c1N=C(C)CCCOCC(C)C(=O)N1CCC(C)(c2cc(Br)c[nH]c2=O)C(C)C1.O=CO. The van der Waals surface area contributed by atoms with E-state index in [0.29, 0.717) is 43.5 Å². The summed E-state index contributed by atoms with van der Waals surface area (Å²) in [6.45, 7) is 14.2. The molecule has 2 aromatic heterocycles. The van der Waals surface area contributed by atoms with E-state index in [4.69, 9.17) is 29.5 Å². The van der Waals surface area contributed by atoms with Crippen LogP contribution in [-0.2, 0) is 19.7 Å². The molecule has 5 rings (SSSR count). The second kappa shape index (κ2) is 18.8. The Bertz CT molecular complexity index is 1610. The van der Waals surface area contributed by atoms with E-state index in [1.807, 2.05) is 49.1 Å². The Labute approximate surface area is 291 Å². The number of ether oxygens (including phenoxy) is 1. The first kappa shape index (κ1) is 38.8. The highest BCUT2D eigenvalue weighted by Crippen LogP contribution is 2.39. The number of furan rings is 1. The third-order valence-electron chi connectivity index (χ3n) is 9.06. The smallest absolute Gasteiger partial charge is 0.290 e. The topological polar surface area (TPSA) is 161 Å². The largest absolute Gasteiger partial charge is 0.483 e. The number of hydrogen-bond donors (Lipinski definition) is 4. The van der Waals surface area contributed by atoms with Crippen LogP contribution in [0.5, 0.6) is 0 Å². The Morgan fingerprint density at radius 3 is 2.60 bits per heavy atom. The van der Waals surface area contributed by atoms with Crippen LogP contribution in [0.2, 0.25) is 0 Å². The number of aromatic nitrogens is 1. The minimum atomic E-state index is -0.297. The van der Waals surface area contributed by atoms with Crippen molar-refractivity contribution in [3.8, 4) is 0 Å². The van der Waals surface area contributed by atoms with Gasteiger partial charge >= 0.3 is 0 Å². The van der Waals surface area contributed by atoms with Crippen molar-refractivity contribution in [1.29, 1.82) is 5.41 Å². The van der Waals surface area contributed by atoms with E-state index in [0.717, 1.165) is 46.0 Å². The van der Waals surface area contributed by atoms with Gasteiger partial charge in [-0.3, -0.25) is 19.4 Å². The number of halogens is 1. The van der Waals surface area contributed by atoms with E-state index in [-0.39, 0.29) is 35.2 Å². The van der Waals surface area contributed by atoms with E-state index in [2.05, 4.69) is 40.1 Å². The van der Waals surface area contributed by atoms with Crippen molar-refractivity contribution in [2.75, 3.05) is 39.4 Å². The molecular formula is C36H50BrN5O6. The van der Waals surface area contributed by atoms with E-state index in [1.54, 1.807) is 13.1 Å². The van der Waals surface area contributed by atoms with Crippen LogP contribution < -0.4 is 10.9 Å². The summed E-state index contributed by atoms with van der Waals surface area (Å²) in [5, 5.41) is 19.1. The molecule has 0 radical (unpaired) electrons. The lowest BCUT2D eigenvalue weighted by molar-refractivity contribution is -0.139. The highest BCUT2D eigenvalue weighted by Gasteiger charge is 2.41. The van der Waals surface area contributed by atoms with Gasteiger partial charge in [-0.05, 0) is 99.1 Å². The summed E-state index contributed by atoms with van der Waals surface area (Å²) in [5.74, 6) is 0.493. The number of nitrogens with zero attached hydrogens (tertiary/aromatic N) is 2. The van der Waals surface area contributed by atoms with Gasteiger partial charge < -0.3 is 34.9 Å². The van der Waals surface area contributed by atoms with Gasteiger partial charge in [0.2, 0.25) is 5.91 Å². The summed E-state index contributed by atoms with van der Waals surface area (Å²) in [7, 11) is 0. The summed E-state index contributed by atoms with van der Waals surface area (Å²) in [4.78, 5) is 43.6. The molecule has 0 spiro atoms. The van der Waals surface area contributed by atoms with Crippen molar-refractivity contribution in [2.24, 2.45) is 16.8 Å². The predicted molar refractivity (Wildman–Crippen MR) is 194 cm³/mol. The molecule has 3 atom stereocenters. The lowest BCUT2D eigenvalue weighted by Crippen LogP contribution is -2.52. The molecule has 1 aromatic carbocycles. The summed E-state index contributed by atoms with van der Waals surface area (Å²) in [5.41, 5.74) is 3.12. The first-order chi connectivity index (χ1) is 22.9. The lowest BCUT2D eigenvalue weighted by Gasteiger charge is -2.45. The number of fused-ring (bicyclic) bond motifs is 1. The highest BCUT2D eigenvalue weighted by molar-refractivity contribution is 9.10. The van der Waals surface area contributed by atoms with Crippen LogP contribution in [0.25, 0.3) is 11.0 Å². The first-order valence-corrected chi connectivity index (χ1v) is 17.4. The molecule has 0 saturated carbocycles. The number of para-hydroxylation sites is 1. The van der Waals surface area contributed by atoms with Gasteiger partial charge in [0.25, 0.3) is 12.0 Å². The summed E-state index contributed by atoms with van der Waals surface area (Å²) in [6.07, 6.45) is 6.70. The van der Waals surface area contributed by atoms with Crippen LogP contribution in [0.1, 0.15) is 78.0 Å². The Balaban J connectivity index is 0.000000692.